The molecule has 0 amide bonds. The summed E-state index contributed by atoms with van der Waals surface area (Å²) < 4.78 is 2.57. The van der Waals surface area contributed by atoms with Gasteiger partial charge in [-0.05, 0) is 58.7 Å². The van der Waals surface area contributed by atoms with Crippen LogP contribution in [0.5, 0.6) is 0 Å². The molecule has 0 radical (unpaired) electrons. The van der Waals surface area contributed by atoms with Crippen LogP contribution in [0.2, 0.25) is 0 Å². The average Bonchev–Trinajstić information content (AvgIpc) is 2.56. The van der Waals surface area contributed by atoms with E-state index < -0.39 is 0 Å². The molecule has 0 spiro atoms. The number of fused-ring (bicyclic) bond motifs is 1. The maximum atomic E-state index is 8.62. The average molecular weight is 313 g/mol. The van der Waals surface area contributed by atoms with E-state index in [0.717, 1.165) is 4.88 Å². The Kier molecular flexibility index (Phi) is 2.75. The predicted octanol–water partition coefficient (Wildman–Crippen LogP) is 3.88. The van der Waals surface area contributed by atoms with Crippen molar-refractivity contribution >= 4 is 44.0 Å². The van der Waals surface area contributed by atoms with Gasteiger partial charge in [-0.15, -0.1) is 11.3 Å². The molecule has 1 aromatic carbocycles. The van der Waals surface area contributed by atoms with Gasteiger partial charge in [0.05, 0.1) is 12.5 Å². The second kappa shape index (κ2) is 3.87. The third kappa shape index (κ3) is 1.64. The zero-order valence-corrected chi connectivity index (χ0v) is 10.6. The summed E-state index contributed by atoms with van der Waals surface area (Å²) in [6.45, 7) is 2.13. The summed E-state index contributed by atoms with van der Waals surface area (Å²) in [6, 6.07) is 8.59. The summed E-state index contributed by atoms with van der Waals surface area (Å²) in [6.07, 6.45) is 0.523. The molecule has 0 aliphatic rings. The van der Waals surface area contributed by atoms with Crippen LogP contribution in [0, 0.1) is 21.8 Å². The Morgan fingerprint density at radius 1 is 1.50 bits per heavy atom. The van der Waals surface area contributed by atoms with Gasteiger partial charge in [0.1, 0.15) is 0 Å². The van der Waals surface area contributed by atoms with Crippen LogP contribution in [0.15, 0.2) is 18.2 Å². The predicted molar refractivity (Wildman–Crippen MR) is 68.6 cm³/mol. The number of benzene rings is 1. The highest BCUT2D eigenvalue weighted by atomic mass is 127. The molecule has 70 valence electrons. The van der Waals surface area contributed by atoms with Crippen LogP contribution in [0.25, 0.3) is 10.1 Å². The van der Waals surface area contributed by atoms with Crippen molar-refractivity contribution in [1.82, 2.24) is 0 Å². The second-order valence-electron chi connectivity index (χ2n) is 3.13. The van der Waals surface area contributed by atoms with Crippen molar-refractivity contribution in [3.63, 3.8) is 0 Å². The molecule has 2 aromatic rings. The van der Waals surface area contributed by atoms with Crippen LogP contribution in [-0.4, -0.2) is 0 Å². The number of hydrogen-bond donors (Lipinski definition) is 0. The topological polar surface area (TPSA) is 23.8 Å². The smallest absolute Gasteiger partial charge is 0.0696 e. The summed E-state index contributed by atoms with van der Waals surface area (Å²) in [5.41, 5.74) is 1.32. The first-order chi connectivity index (χ1) is 6.72. The zero-order chi connectivity index (χ0) is 10.1. The van der Waals surface area contributed by atoms with Gasteiger partial charge in [-0.2, -0.15) is 5.26 Å². The molecule has 0 aliphatic heterocycles. The summed E-state index contributed by atoms with van der Waals surface area (Å²) >= 11 is 4.06. The van der Waals surface area contributed by atoms with E-state index in [1.165, 1.54) is 19.2 Å². The van der Waals surface area contributed by atoms with E-state index in [1.54, 1.807) is 11.3 Å². The normalized spacial score (nSPS) is 10.4. The second-order valence-corrected chi connectivity index (χ2v) is 5.46. The molecular weight excluding hydrogens is 305 g/mol. The van der Waals surface area contributed by atoms with Crippen LogP contribution < -0.4 is 0 Å². The summed E-state index contributed by atoms with van der Waals surface area (Å²) in [5, 5.41) is 9.92. The number of halogens is 1. The van der Waals surface area contributed by atoms with Crippen LogP contribution in [0.4, 0.5) is 0 Å². The number of thiophene rings is 1. The highest BCUT2D eigenvalue weighted by molar-refractivity contribution is 14.1. The molecule has 0 saturated heterocycles. The van der Waals surface area contributed by atoms with Crippen molar-refractivity contribution in [2.75, 3.05) is 0 Å². The molecular formula is C11H8INS. The molecule has 0 fully saturated rings. The Morgan fingerprint density at radius 2 is 2.29 bits per heavy atom. The maximum absolute atomic E-state index is 8.62. The van der Waals surface area contributed by atoms with E-state index in [1.807, 2.05) is 0 Å². The molecule has 0 N–H and O–H groups in total. The van der Waals surface area contributed by atoms with Crippen LogP contribution in [-0.2, 0) is 6.42 Å². The van der Waals surface area contributed by atoms with Gasteiger partial charge in [-0.1, -0.05) is 0 Å². The minimum Gasteiger partial charge on any atom is -0.198 e. The van der Waals surface area contributed by atoms with Crippen molar-refractivity contribution in [3.05, 3.63) is 32.2 Å². The lowest BCUT2D eigenvalue weighted by Crippen LogP contribution is -1.78. The Labute approximate surface area is 101 Å². The van der Waals surface area contributed by atoms with Crippen molar-refractivity contribution in [3.8, 4) is 6.07 Å². The Morgan fingerprint density at radius 3 is 3.00 bits per heavy atom. The van der Waals surface area contributed by atoms with Crippen molar-refractivity contribution < 1.29 is 0 Å². The maximum Gasteiger partial charge on any atom is 0.0696 e. The minimum atomic E-state index is 0.523. The molecule has 2 rings (SSSR count). The van der Waals surface area contributed by atoms with Crippen molar-refractivity contribution in [2.45, 2.75) is 13.3 Å². The van der Waals surface area contributed by atoms with E-state index in [4.69, 9.17) is 5.26 Å². The fourth-order valence-electron chi connectivity index (χ4n) is 1.44. The van der Waals surface area contributed by atoms with E-state index in [-0.39, 0.29) is 0 Å². The SMILES string of the molecule is Cc1c(I)ccc2sc(CC#N)cc12. The fourth-order valence-corrected chi connectivity index (χ4v) is 2.97. The largest absolute Gasteiger partial charge is 0.198 e. The number of rotatable bonds is 1. The highest BCUT2D eigenvalue weighted by Gasteiger charge is 2.05. The van der Waals surface area contributed by atoms with Gasteiger partial charge in [-0.3, -0.25) is 0 Å². The monoisotopic (exact) mass is 313 g/mol. The molecule has 1 nitrogen and oxygen atoms in total. The zero-order valence-electron chi connectivity index (χ0n) is 7.67. The van der Waals surface area contributed by atoms with Crippen molar-refractivity contribution in [2.24, 2.45) is 0 Å². The Bertz CT molecular complexity index is 522. The molecule has 0 unspecified atom stereocenters. The number of aryl methyl sites for hydroxylation is 1. The van der Waals surface area contributed by atoms with Gasteiger partial charge in [0.2, 0.25) is 0 Å². The summed E-state index contributed by atoms with van der Waals surface area (Å²) in [5.74, 6) is 0. The van der Waals surface area contributed by atoms with E-state index >= 15 is 0 Å². The molecule has 3 heteroatoms. The molecule has 14 heavy (non-hydrogen) atoms. The van der Waals surface area contributed by atoms with Gasteiger partial charge < -0.3 is 0 Å². The first-order valence-corrected chi connectivity index (χ1v) is 6.16. The third-order valence-electron chi connectivity index (χ3n) is 2.21. The highest BCUT2D eigenvalue weighted by Crippen LogP contribution is 2.30. The Balaban J connectivity index is 2.66. The van der Waals surface area contributed by atoms with E-state index in [0.29, 0.717) is 6.42 Å². The van der Waals surface area contributed by atoms with Crippen LogP contribution in [0.1, 0.15) is 10.4 Å². The van der Waals surface area contributed by atoms with Crippen LogP contribution >= 0.6 is 33.9 Å². The van der Waals surface area contributed by atoms with Gasteiger partial charge in [0, 0.05) is 13.1 Å². The lowest BCUT2D eigenvalue weighted by atomic mass is 10.1. The summed E-state index contributed by atoms with van der Waals surface area (Å²) in [7, 11) is 0. The van der Waals surface area contributed by atoms with Crippen molar-refractivity contribution in [1.29, 1.82) is 5.26 Å². The molecule has 1 heterocycles. The molecule has 1 aromatic heterocycles. The molecule has 0 saturated carbocycles. The van der Waals surface area contributed by atoms with Gasteiger partial charge in [0.25, 0.3) is 0 Å². The quantitative estimate of drug-likeness (QED) is 0.733. The number of hydrogen-bond acceptors (Lipinski definition) is 2. The van der Waals surface area contributed by atoms with E-state index in [2.05, 4.69) is 53.8 Å². The van der Waals surface area contributed by atoms with Gasteiger partial charge in [-0.25, -0.2) is 0 Å². The first-order valence-electron chi connectivity index (χ1n) is 4.27. The lowest BCUT2D eigenvalue weighted by molar-refractivity contribution is 1.32. The third-order valence-corrected chi connectivity index (χ3v) is 4.48. The Hall–Kier alpha value is -0.600. The van der Waals surface area contributed by atoms with E-state index in [9.17, 15) is 0 Å². The molecule has 0 bridgehead atoms. The summed E-state index contributed by atoms with van der Waals surface area (Å²) in [4.78, 5) is 1.16. The van der Waals surface area contributed by atoms with Gasteiger partial charge >= 0.3 is 0 Å². The number of nitrogens with zero attached hydrogens (tertiary/aromatic N) is 1. The first kappa shape index (κ1) is 9.94. The standard InChI is InChI=1S/C11H8INS/c1-7-9-6-8(4-5-13)14-11(9)3-2-10(7)12/h2-3,6H,4H2,1H3. The molecule has 0 atom stereocenters. The fraction of sp³-hybridized carbons (Fsp3) is 0.182. The minimum absolute atomic E-state index is 0.523. The molecule has 0 aliphatic carbocycles. The van der Waals surface area contributed by atoms with Gasteiger partial charge in [0.15, 0.2) is 0 Å². The lowest BCUT2D eigenvalue weighted by Gasteiger charge is -1.97. The number of nitriles is 1. The van der Waals surface area contributed by atoms with Crippen LogP contribution in [0.3, 0.4) is 0 Å².